The fourth-order valence-electron chi connectivity index (χ4n) is 1.42. The SMILES string of the molecule is O=C(NCCCCCO)c1c(F)cccc1F. The minimum Gasteiger partial charge on any atom is -0.396 e. The Morgan fingerprint density at radius 3 is 2.41 bits per heavy atom. The van der Waals surface area contributed by atoms with Crippen LogP contribution in [0.25, 0.3) is 0 Å². The molecule has 1 aromatic rings. The highest BCUT2D eigenvalue weighted by Crippen LogP contribution is 2.11. The average Bonchev–Trinajstić information content (AvgIpc) is 2.28. The van der Waals surface area contributed by atoms with Crippen LogP contribution in [0.15, 0.2) is 18.2 Å². The first-order valence-corrected chi connectivity index (χ1v) is 5.50. The lowest BCUT2D eigenvalue weighted by Gasteiger charge is -2.06. The molecular weight excluding hydrogens is 228 g/mol. The van der Waals surface area contributed by atoms with Gasteiger partial charge in [-0.3, -0.25) is 4.79 Å². The van der Waals surface area contributed by atoms with E-state index in [0.717, 1.165) is 18.6 Å². The summed E-state index contributed by atoms with van der Waals surface area (Å²) in [6, 6.07) is 3.30. The van der Waals surface area contributed by atoms with Crippen molar-refractivity contribution >= 4 is 5.91 Å². The van der Waals surface area contributed by atoms with Gasteiger partial charge in [0.15, 0.2) is 0 Å². The third-order valence-electron chi connectivity index (χ3n) is 2.31. The Morgan fingerprint density at radius 1 is 1.18 bits per heavy atom. The van der Waals surface area contributed by atoms with Gasteiger partial charge in [-0.15, -0.1) is 0 Å². The van der Waals surface area contributed by atoms with Crippen molar-refractivity contribution in [3.63, 3.8) is 0 Å². The average molecular weight is 243 g/mol. The van der Waals surface area contributed by atoms with Crippen LogP contribution in [0.3, 0.4) is 0 Å². The van der Waals surface area contributed by atoms with E-state index in [1.54, 1.807) is 0 Å². The standard InChI is InChI=1S/C12H15F2NO2/c13-9-5-4-6-10(14)11(9)12(17)15-7-2-1-3-8-16/h4-6,16H,1-3,7-8H2,(H,15,17). The molecule has 0 saturated carbocycles. The molecule has 5 heteroatoms. The molecule has 0 unspecified atom stereocenters. The molecule has 1 aromatic carbocycles. The van der Waals surface area contributed by atoms with Gasteiger partial charge in [0.1, 0.15) is 17.2 Å². The first-order valence-electron chi connectivity index (χ1n) is 5.50. The van der Waals surface area contributed by atoms with Crippen LogP contribution in [0, 0.1) is 11.6 Å². The Hall–Kier alpha value is -1.49. The fourth-order valence-corrected chi connectivity index (χ4v) is 1.42. The Morgan fingerprint density at radius 2 is 1.82 bits per heavy atom. The zero-order valence-corrected chi connectivity index (χ0v) is 9.38. The molecule has 94 valence electrons. The lowest BCUT2D eigenvalue weighted by atomic mass is 10.2. The molecule has 0 radical (unpaired) electrons. The zero-order valence-electron chi connectivity index (χ0n) is 9.38. The van der Waals surface area contributed by atoms with E-state index in [0.29, 0.717) is 19.4 Å². The zero-order chi connectivity index (χ0) is 12.7. The van der Waals surface area contributed by atoms with Crippen molar-refractivity contribution in [2.75, 3.05) is 13.2 Å². The smallest absolute Gasteiger partial charge is 0.257 e. The van der Waals surface area contributed by atoms with E-state index in [1.165, 1.54) is 6.07 Å². The number of nitrogens with one attached hydrogen (secondary N) is 1. The molecule has 1 rings (SSSR count). The van der Waals surface area contributed by atoms with Crippen molar-refractivity contribution in [2.45, 2.75) is 19.3 Å². The molecule has 1 amide bonds. The van der Waals surface area contributed by atoms with Gasteiger partial charge in [-0.1, -0.05) is 6.07 Å². The number of halogens is 2. The van der Waals surface area contributed by atoms with Gasteiger partial charge in [-0.05, 0) is 31.4 Å². The van der Waals surface area contributed by atoms with Gasteiger partial charge in [0.25, 0.3) is 5.91 Å². The molecule has 0 aliphatic rings. The van der Waals surface area contributed by atoms with Crippen molar-refractivity contribution in [2.24, 2.45) is 0 Å². The van der Waals surface area contributed by atoms with Gasteiger partial charge >= 0.3 is 0 Å². The van der Waals surface area contributed by atoms with Crippen LogP contribution in [-0.4, -0.2) is 24.2 Å². The molecule has 0 aliphatic carbocycles. The molecule has 0 fully saturated rings. The quantitative estimate of drug-likeness (QED) is 0.749. The molecule has 0 bridgehead atoms. The van der Waals surface area contributed by atoms with Gasteiger partial charge in [-0.25, -0.2) is 8.78 Å². The third-order valence-corrected chi connectivity index (χ3v) is 2.31. The largest absolute Gasteiger partial charge is 0.396 e. The second-order valence-electron chi connectivity index (χ2n) is 3.64. The van der Waals surface area contributed by atoms with Crippen LogP contribution in [0.2, 0.25) is 0 Å². The minimum atomic E-state index is -0.863. The molecule has 17 heavy (non-hydrogen) atoms. The predicted octanol–water partition coefficient (Wildman–Crippen LogP) is 1.86. The summed E-state index contributed by atoms with van der Waals surface area (Å²) in [6.45, 7) is 0.447. The number of carbonyl (C=O) groups is 1. The Kier molecular flexibility index (Phi) is 5.56. The van der Waals surface area contributed by atoms with Crippen LogP contribution >= 0.6 is 0 Å². The fraction of sp³-hybridized carbons (Fsp3) is 0.417. The summed E-state index contributed by atoms with van der Waals surface area (Å²) in [5.41, 5.74) is -0.547. The van der Waals surface area contributed by atoms with Crippen molar-refractivity contribution in [1.29, 1.82) is 0 Å². The summed E-state index contributed by atoms with van der Waals surface area (Å²) in [4.78, 5) is 11.5. The number of hydrogen-bond donors (Lipinski definition) is 2. The predicted molar refractivity (Wildman–Crippen MR) is 59.6 cm³/mol. The summed E-state index contributed by atoms with van der Waals surface area (Å²) >= 11 is 0. The molecule has 0 spiro atoms. The maximum atomic E-state index is 13.2. The van der Waals surface area contributed by atoms with E-state index >= 15 is 0 Å². The van der Waals surface area contributed by atoms with E-state index in [1.807, 2.05) is 0 Å². The molecule has 0 heterocycles. The molecule has 3 nitrogen and oxygen atoms in total. The summed E-state index contributed by atoms with van der Waals surface area (Å²) in [7, 11) is 0. The van der Waals surface area contributed by atoms with E-state index in [2.05, 4.69) is 5.32 Å². The monoisotopic (exact) mass is 243 g/mol. The second kappa shape index (κ2) is 6.96. The van der Waals surface area contributed by atoms with E-state index < -0.39 is 23.1 Å². The van der Waals surface area contributed by atoms with Crippen molar-refractivity contribution in [3.05, 3.63) is 35.4 Å². The molecule has 0 aromatic heterocycles. The first-order chi connectivity index (χ1) is 8.16. The van der Waals surface area contributed by atoms with Crippen molar-refractivity contribution in [3.8, 4) is 0 Å². The summed E-state index contributed by atoms with van der Waals surface area (Å²) < 4.78 is 26.4. The normalized spacial score (nSPS) is 10.3. The van der Waals surface area contributed by atoms with Crippen molar-refractivity contribution < 1.29 is 18.7 Å². The molecule has 0 atom stereocenters. The van der Waals surface area contributed by atoms with E-state index in [-0.39, 0.29) is 6.61 Å². The first kappa shape index (κ1) is 13.6. The number of amides is 1. The number of carbonyl (C=O) groups excluding carboxylic acids is 1. The van der Waals surface area contributed by atoms with Gasteiger partial charge in [-0.2, -0.15) is 0 Å². The topological polar surface area (TPSA) is 49.3 Å². The third kappa shape index (κ3) is 4.11. The number of hydrogen-bond acceptors (Lipinski definition) is 2. The number of aliphatic hydroxyl groups is 1. The van der Waals surface area contributed by atoms with Gasteiger partial charge in [0, 0.05) is 13.2 Å². The molecular formula is C12H15F2NO2. The van der Waals surface area contributed by atoms with Gasteiger partial charge in [0.2, 0.25) is 0 Å². The Balaban J connectivity index is 2.47. The molecule has 2 N–H and O–H groups in total. The maximum Gasteiger partial charge on any atom is 0.257 e. The lowest BCUT2D eigenvalue weighted by molar-refractivity contribution is 0.0944. The van der Waals surface area contributed by atoms with Crippen LogP contribution in [0.4, 0.5) is 8.78 Å². The summed E-state index contributed by atoms with van der Waals surface area (Å²) in [6.07, 6.45) is 2.09. The van der Waals surface area contributed by atoms with Crippen LogP contribution in [0.5, 0.6) is 0 Å². The maximum absolute atomic E-state index is 13.2. The highest BCUT2D eigenvalue weighted by Gasteiger charge is 2.15. The Labute approximate surface area is 98.5 Å². The van der Waals surface area contributed by atoms with Crippen molar-refractivity contribution in [1.82, 2.24) is 5.32 Å². The highest BCUT2D eigenvalue weighted by molar-refractivity contribution is 5.94. The summed E-state index contributed by atoms with van der Waals surface area (Å²) in [5, 5.41) is 11.0. The van der Waals surface area contributed by atoms with Crippen LogP contribution < -0.4 is 5.32 Å². The Bertz CT molecular complexity index is 363. The molecule has 0 aliphatic heterocycles. The number of aliphatic hydroxyl groups excluding tert-OH is 1. The number of benzene rings is 1. The minimum absolute atomic E-state index is 0.107. The summed E-state index contributed by atoms with van der Waals surface area (Å²) in [5.74, 6) is -2.47. The lowest BCUT2D eigenvalue weighted by Crippen LogP contribution is -2.26. The van der Waals surface area contributed by atoms with Crippen LogP contribution in [-0.2, 0) is 0 Å². The van der Waals surface area contributed by atoms with E-state index in [9.17, 15) is 13.6 Å². The van der Waals surface area contributed by atoms with Crippen LogP contribution in [0.1, 0.15) is 29.6 Å². The second-order valence-corrected chi connectivity index (χ2v) is 3.64. The molecule has 0 saturated heterocycles. The number of rotatable bonds is 6. The van der Waals surface area contributed by atoms with Gasteiger partial charge < -0.3 is 10.4 Å². The van der Waals surface area contributed by atoms with Gasteiger partial charge in [0.05, 0.1) is 0 Å². The van der Waals surface area contributed by atoms with E-state index in [4.69, 9.17) is 5.11 Å². The highest BCUT2D eigenvalue weighted by atomic mass is 19.1. The number of unbranched alkanes of at least 4 members (excludes halogenated alkanes) is 2.